The molecule has 0 spiro atoms. The predicted octanol–water partition coefficient (Wildman–Crippen LogP) is 3.11. The molecule has 1 aromatic heterocycles. The highest BCUT2D eigenvalue weighted by Crippen LogP contribution is 2.25. The van der Waals surface area contributed by atoms with Crippen LogP contribution in [0.5, 0.6) is 0 Å². The van der Waals surface area contributed by atoms with E-state index >= 15 is 0 Å². The van der Waals surface area contributed by atoms with E-state index in [9.17, 15) is 5.11 Å². The minimum Gasteiger partial charge on any atom is -0.392 e. The standard InChI is InChI=1S/C19H30N4O/c1-12(2)7-18(19-21-11-22-23(19)6)20-9-16-13(3)8-14(4)17(10-24)15(16)5/h8,11-12,18,20,24H,7,9-10H2,1-6H3. The summed E-state index contributed by atoms with van der Waals surface area (Å²) in [5.41, 5.74) is 5.90. The van der Waals surface area contributed by atoms with Crippen LogP contribution in [0, 0.1) is 26.7 Å². The van der Waals surface area contributed by atoms with Crippen LogP contribution in [-0.2, 0) is 20.2 Å². The van der Waals surface area contributed by atoms with Crippen molar-refractivity contribution in [3.05, 3.63) is 46.0 Å². The van der Waals surface area contributed by atoms with E-state index in [1.54, 1.807) is 6.33 Å². The largest absolute Gasteiger partial charge is 0.392 e. The van der Waals surface area contributed by atoms with Crippen LogP contribution >= 0.6 is 0 Å². The minimum absolute atomic E-state index is 0.0870. The summed E-state index contributed by atoms with van der Waals surface area (Å²) in [6.45, 7) is 11.6. The number of nitrogens with one attached hydrogen (secondary N) is 1. The summed E-state index contributed by atoms with van der Waals surface area (Å²) in [6, 6.07) is 2.32. The second kappa shape index (κ2) is 7.90. The van der Waals surface area contributed by atoms with Crippen molar-refractivity contribution in [2.24, 2.45) is 13.0 Å². The SMILES string of the molecule is Cc1cc(C)c(CNC(CC(C)C)c2ncnn2C)c(C)c1CO. The van der Waals surface area contributed by atoms with Gasteiger partial charge in [-0.05, 0) is 60.9 Å². The van der Waals surface area contributed by atoms with Gasteiger partial charge >= 0.3 is 0 Å². The lowest BCUT2D eigenvalue weighted by Gasteiger charge is -2.22. The molecule has 0 aliphatic rings. The Kier molecular flexibility index (Phi) is 6.13. The van der Waals surface area contributed by atoms with Crippen LogP contribution in [0.3, 0.4) is 0 Å². The lowest BCUT2D eigenvalue weighted by molar-refractivity contribution is 0.280. The Bertz CT molecular complexity index is 691. The number of benzene rings is 1. The highest BCUT2D eigenvalue weighted by molar-refractivity contribution is 5.44. The van der Waals surface area contributed by atoms with Gasteiger partial charge in [-0.1, -0.05) is 19.9 Å². The van der Waals surface area contributed by atoms with Crippen molar-refractivity contribution in [1.29, 1.82) is 0 Å². The Morgan fingerprint density at radius 2 is 1.83 bits per heavy atom. The lowest BCUT2D eigenvalue weighted by atomic mass is 9.93. The number of hydrogen-bond donors (Lipinski definition) is 2. The molecule has 2 rings (SSSR count). The molecule has 0 fully saturated rings. The normalized spacial score (nSPS) is 12.8. The smallest absolute Gasteiger partial charge is 0.143 e. The van der Waals surface area contributed by atoms with Crippen LogP contribution in [0.4, 0.5) is 0 Å². The van der Waals surface area contributed by atoms with Gasteiger partial charge in [0.05, 0.1) is 12.6 Å². The number of rotatable bonds is 7. The minimum atomic E-state index is 0.0870. The van der Waals surface area contributed by atoms with Gasteiger partial charge in [0.1, 0.15) is 12.2 Å². The number of nitrogens with zero attached hydrogens (tertiary/aromatic N) is 3. The molecule has 1 atom stereocenters. The van der Waals surface area contributed by atoms with Crippen LogP contribution in [0.25, 0.3) is 0 Å². The zero-order valence-corrected chi connectivity index (χ0v) is 15.7. The molecule has 0 bridgehead atoms. The van der Waals surface area contributed by atoms with Gasteiger partial charge in [0.15, 0.2) is 0 Å². The summed E-state index contributed by atoms with van der Waals surface area (Å²) in [4.78, 5) is 4.42. The van der Waals surface area contributed by atoms with Crippen molar-refractivity contribution >= 4 is 0 Å². The van der Waals surface area contributed by atoms with Crippen LogP contribution in [0.15, 0.2) is 12.4 Å². The number of hydrogen-bond acceptors (Lipinski definition) is 4. The van der Waals surface area contributed by atoms with Crippen LogP contribution < -0.4 is 5.32 Å². The molecule has 1 heterocycles. The third-order valence-corrected chi connectivity index (χ3v) is 4.74. The average molecular weight is 330 g/mol. The van der Waals surface area contributed by atoms with Gasteiger partial charge in [-0.2, -0.15) is 5.10 Å². The fourth-order valence-electron chi connectivity index (χ4n) is 3.39. The quantitative estimate of drug-likeness (QED) is 0.819. The third kappa shape index (κ3) is 4.02. The first-order chi connectivity index (χ1) is 11.3. The van der Waals surface area contributed by atoms with Crippen molar-refractivity contribution in [2.45, 2.75) is 60.2 Å². The highest BCUT2D eigenvalue weighted by Gasteiger charge is 2.19. The number of aromatic nitrogens is 3. The second-order valence-electron chi connectivity index (χ2n) is 7.06. The van der Waals surface area contributed by atoms with Crippen molar-refractivity contribution in [1.82, 2.24) is 20.1 Å². The summed E-state index contributed by atoms with van der Waals surface area (Å²) in [5, 5.41) is 17.5. The van der Waals surface area contributed by atoms with E-state index in [0.717, 1.165) is 29.9 Å². The molecular weight excluding hydrogens is 300 g/mol. The molecule has 0 aliphatic carbocycles. The van der Waals surface area contributed by atoms with E-state index < -0.39 is 0 Å². The van der Waals surface area contributed by atoms with Gasteiger partial charge < -0.3 is 10.4 Å². The molecule has 132 valence electrons. The van der Waals surface area contributed by atoms with Crippen LogP contribution in [0.1, 0.15) is 60.0 Å². The van der Waals surface area contributed by atoms with Gasteiger partial charge in [-0.3, -0.25) is 4.68 Å². The van der Waals surface area contributed by atoms with Gasteiger partial charge in [0, 0.05) is 13.6 Å². The number of aliphatic hydroxyl groups is 1. The van der Waals surface area contributed by atoms with Crippen LogP contribution in [-0.4, -0.2) is 19.9 Å². The molecular formula is C19H30N4O. The van der Waals surface area contributed by atoms with Gasteiger partial charge in [0.2, 0.25) is 0 Å². The first kappa shape index (κ1) is 18.6. The zero-order chi connectivity index (χ0) is 17.9. The van der Waals surface area contributed by atoms with E-state index in [1.807, 2.05) is 11.7 Å². The van der Waals surface area contributed by atoms with Crippen molar-refractivity contribution in [3.63, 3.8) is 0 Å². The Hall–Kier alpha value is -1.72. The third-order valence-electron chi connectivity index (χ3n) is 4.74. The Morgan fingerprint density at radius 1 is 1.17 bits per heavy atom. The van der Waals surface area contributed by atoms with E-state index in [2.05, 4.69) is 56.1 Å². The molecule has 0 saturated carbocycles. The number of aryl methyl sites for hydroxylation is 3. The average Bonchev–Trinajstić information content (AvgIpc) is 2.91. The predicted molar refractivity (Wildman–Crippen MR) is 96.6 cm³/mol. The Morgan fingerprint density at radius 3 is 2.38 bits per heavy atom. The van der Waals surface area contributed by atoms with E-state index in [1.165, 1.54) is 16.7 Å². The summed E-state index contributed by atoms with van der Waals surface area (Å²) in [5.74, 6) is 1.53. The molecule has 1 aromatic carbocycles. The monoisotopic (exact) mass is 330 g/mol. The van der Waals surface area contributed by atoms with Gasteiger partial charge in [0.25, 0.3) is 0 Å². The van der Waals surface area contributed by atoms with Gasteiger partial charge in [-0.15, -0.1) is 0 Å². The van der Waals surface area contributed by atoms with Crippen molar-refractivity contribution in [3.8, 4) is 0 Å². The van der Waals surface area contributed by atoms with Gasteiger partial charge in [-0.25, -0.2) is 4.98 Å². The summed E-state index contributed by atoms with van der Waals surface area (Å²) in [7, 11) is 1.93. The first-order valence-electron chi connectivity index (χ1n) is 8.61. The summed E-state index contributed by atoms with van der Waals surface area (Å²) < 4.78 is 1.84. The molecule has 0 radical (unpaired) electrons. The number of aliphatic hydroxyl groups excluding tert-OH is 1. The highest BCUT2D eigenvalue weighted by atomic mass is 16.3. The first-order valence-corrected chi connectivity index (χ1v) is 8.61. The maximum absolute atomic E-state index is 9.66. The summed E-state index contributed by atoms with van der Waals surface area (Å²) in [6.07, 6.45) is 2.61. The fourth-order valence-corrected chi connectivity index (χ4v) is 3.39. The van der Waals surface area contributed by atoms with E-state index in [0.29, 0.717) is 5.92 Å². The Labute approximate surface area is 145 Å². The molecule has 5 nitrogen and oxygen atoms in total. The molecule has 2 aromatic rings. The van der Waals surface area contributed by atoms with E-state index in [4.69, 9.17) is 0 Å². The molecule has 0 amide bonds. The Balaban J connectivity index is 2.25. The zero-order valence-electron chi connectivity index (χ0n) is 15.7. The topological polar surface area (TPSA) is 63.0 Å². The van der Waals surface area contributed by atoms with Crippen molar-refractivity contribution < 1.29 is 5.11 Å². The maximum atomic E-state index is 9.66. The maximum Gasteiger partial charge on any atom is 0.143 e. The molecule has 0 aliphatic heterocycles. The summed E-state index contributed by atoms with van der Waals surface area (Å²) >= 11 is 0. The van der Waals surface area contributed by atoms with E-state index in [-0.39, 0.29) is 12.6 Å². The van der Waals surface area contributed by atoms with Crippen molar-refractivity contribution in [2.75, 3.05) is 0 Å². The molecule has 24 heavy (non-hydrogen) atoms. The molecule has 2 N–H and O–H groups in total. The second-order valence-corrected chi connectivity index (χ2v) is 7.06. The lowest BCUT2D eigenvalue weighted by Crippen LogP contribution is -2.26. The van der Waals surface area contributed by atoms with Crippen LogP contribution in [0.2, 0.25) is 0 Å². The molecule has 1 unspecified atom stereocenters. The fraction of sp³-hybridized carbons (Fsp3) is 0.579. The molecule has 5 heteroatoms. The molecule has 0 saturated heterocycles.